The second-order valence-electron chi connectivity index (χ2n) is 7.20. The van der Waals surface area contributed by atoms with Crippen molar-refractivity contribution < 1.29 is 27.6 Å². The molecule has 2 heterocycles. The molecule has 0 radical (unpaired) electrons. The fourth-order valence-electron chi connectivity index (χ4n) is 3.54. The summed E-state index contributed by atoms with van der Waals surface area (Å²) in [5, 5.41) is 12.1. The molecule has 30 heavy (non-hydrogen) atoms. The number of carbonyl (C=O) groups is 1. The molecule has 1 saturated heterocycles. The molecule has 0 aliphatic carbocycles. The standard InChI is InChI=1S/C20H20F4N4O2/c1-11(27-30)14-9-25-12(2)26-19(14)15-6-7-28(10-20(15,23)24)18(29)8-13-16(21)4-3-5-17(13)22/h3-5,9,15,30H,6-8,10H2,1-2H3. The van der Waals surface area contributed by atoms with Crippen molar-refractivity contribution in [1.82, 2.24) is 14.9 Å². The van der Waals surface area contributed by atoms with Crippen molar-refractivity contribution in [3.8, 4) is 0 Å². The molecular weight excluding hydrogens is 404 g/mol. The Labute approximate surface area is 170 Å². The number of rotatable bonds is 4. The van der Waals surface area contributed by atoms with Crippen molar-refractivity contribution in [3.63, 3.8) is 0 Å². The minimum absolute atomic E-state index is 0.0348. The highest BCUT2D eigenvalue weighted by atomic mass is 19.3. The second-order valence-corrected chi connectivity index (χ2v) is 7.20. The van der Waals surface area contributed by atoms with E-state index in [0.717, 1.165) is 23.1 Å². The number of piperidine rings is 1. The van der Waals surface area contributed by atoms with E-state index in [0.29, 0.717) is 0 Å². The Kier molecular flexibility index (Phi) is 6.04. The number of halogens is 4. The lowest BCUT2D eigenvalue weighted by Gasteiger charge is -2.38. The molecular formula is C20H20F4N4O2. The summed E-state index contributed by atoms with van der Waals surface area (Å²) < 4.78 is 57.7. The third kappa shape index (κ3) is 4.27. The summed E-state index contributed by atoms with van der Waals surface area (Å²) in [4.78, 5) is 21.5. The van der Waals surface area contributed by atoms with Crippen LogP contribution in [-0.4, -0.2) is 50.7 Å². The average Bonchev–Trinajstić information content (AvgIpc) is 2.69. The highest BCUT2D eigenvalue weighted by Gasteiger charge is 2.48. The zero-order valence-corrected chi connectivity index (χ0v) is 16.4. The predicted octanol–water partition coefficient (Wildman–Crippen LogP) is 3.46. The number of hydrogen-bond acceptors (Lipinski definition) is 5. The lowest BCUT2D eigenvalue weighted by molar-refractivity contribution is -0.143. The molecule has 2 aromatic rings. The number of nitrogens with zero attached hydrogens (tertiary/aromatic N) is 4. The first kappa shape index (κ1) is 21.7. The maximum absolute atomic E-state index is 15.0. The Morgan fingerprint density at radius 1 is 1.33 bits per heavy atom. The normalized spacial score (nSPS) is 19.1. The first-order valence-electron chi connectivity index (χ1n) is 9.25. The van der Waals surface area contributed by atoms with E-state index in [1.807, 2.05) is 0 Å². The van der Waals surface area contributed by atoms with Crippen LogP contribution in [0.25, 0.3) is 0 Å². The lowest BCUT2D eigenvalue weighted by Crippen LogP contribution is -2.50. The summed E-state index contributed by atoms with van der Waals surface area (Å²) in [6, 6.07) is 3.18. The third-order valence-electron chi connectivity index (χ3n) is 5.15. The molecule has 1 aromatic heterocycles. The minimum atomic E-state index is -3.35. The van der Waals surface area contributed by atoms with Crippen molar-refractivity contribution in [1.29, 1.82) is 0 Å². The molecule has 1 atom stereocenters. The molecule has 6 nitrogen and oxygen atoms in total. The van der Waals surface area contributed by atoms with E-state index in [-0.39, 0.29) is 35.8 Å². The van der Waals surface area contributed by atoms with Gasteiger partial charge in [-0.1, -0.05) is 11.2 Å². The maximum atomic E-state index is 15.0. The van der Waals surface area contributed by atoms with Crippen molar-refractivity contribution >= 4 is 11.6 Å². The van der Waals surface area contributed by atoms with Gasteiger partial charge in [-0.25, -0.2) is 27.5 Å². The van der Waals surface area contributed by atoms with Crippen LogP contribution in [0.1, 0.15) is 41.9 Å². The van der Waals surface area contributed by atoms with Gasteiger partial charge in [0.25, 0.3) is 5.92 Å². The molecule has 3 rings (SSSR count). The van der Waals surface area contributed by atoms with Gasteiger partial charge in [0.2, 0.25) is 5.91 Å². The number of carbonyl (C=O) groups excluding carboxylic acids is 1. The number of likely N-dealkylation sites (tertiary alicyclic amines) is 1. The van der Waals surface area contributed by atoms with E-state index in [9.17, 15) is 13.6 Å². The van der Waals surface area contributed by atoms with E-state index < -0.39 is 47.9 Å². The summed E-state index contributed by atoms with van der Waals surface area (Å²) in [5.41, 5.74) is -0.123. The van der Waals surface area contributed by atoms with E-state index in [1.54, 1.807) is 6.92 Å². The van der Waals surface area contributed by atoms with Crippen LogP contribution in [0.3, 0.4) is 0 Å². The zero-order chi connectivity index (χ0) is 22.1. The summed E-state index contributed by atoms with van der Waals surface area (Å²) in [6.07, 6.45) is 0.551. The van der Waals surface area contributed by atoms with Gasteiger partial charge in [-0.3, -0.25) is 4.79 Å². The molecule has 160 valence electrons. The van der Waals surface area contributed by atoms with Gasteiger partial charge < -0.3 is 10.1 Å². The molecule has 1 N–H and O–H groups in total. The molecule has 1 aliphatic rings. The molecule has 1 unspecified atom stereocenters. The smallest absolute Gasteiger partial charge is 0.273 e. The van der Waals surface area contributed by atoms with Gasteiger partial charge in [-0.2, -0.15) is 0 Å². The first-order chi connectivity index (χ1) is 14.1. The van der Waals surface area contributed by atoms with Crippen molar-refractivity contribution in [2.75, 3.05) is 13.1 Å². The van der Waals surface area contributed by atoms with Gasteiger partial charge in [0.05, 0.1) is 30.3 Å². The fourth-order valence-corrected chi connectivity index (χ4v) is 3.54. The van der Waals surface area contributed by atoms with Gasteiger partial charge >= 0.3 is 0 Å². The SMILES string of the molecule is CC(=NO)c1cnc(C)nc1C1CCN(C(=O)Cc2c(F)cccc2F)CC1(F)F. The number of hydrogen-bond donors (Lipinski definition) is 1. The van der Waals surface area contributed by atoms with Crippen molar-refractivity contribution in [2.45, 2.75) is 38.5 Å². The first-order valence-corrected chi connectivity index (χ1v) is 9.25. The number of amides is 1. The van der Waals surface area contributed by atoms with Crippen LogP contribution >= 0.6 is 0 Å². The summed E-state index contributed by atoms with van der Waals surface area (Å²) in [7, 11) is 0. The van der Waals surface area contributed by atoms with Crippen LogP contribution in [0.2, 0.25) is 0 Å². The molecule has 0 spiro atoms. The quantitative estimate of drug-likeness (QED) is 0.353. The summed E-state index contributed by atoms with van der Waals surface area (Å²) >= 11 is 0. The Morgan fingerprint density at radius 3 is 2.60 bits per heavy atom. The molecule has 0 bridgehead atoms. The summed E-state index contributed by atoms with van der Waals surface area (Å²) in [6.45, 7) is 2.05. The summed E-state index contributed by atoms with van der Waals surface area (Å²) in [5.74, 6) is -6.99. The Hall–Kier alpha value is -3.04. The molecule has 1 amide bonds. The maximum Gasteiger partial charge on any atom is 0.273 e. The molecule has 0 saturated carbocycles. The van der Waals surface area contributed by atoms with Crippen LogP contribution < -0.4 is 0 Å². The predicted molar refractivity (Wildman–Crippen MR) is 99.7 cm³/mol. The van der Waals surface area contributed by atoms with Gasteiger partial charge in [0, 0.05) is 23.9 Å². The lowest BCUT2D eigenvalue weighted by atomic mass is 9.86. The van der Waals surface area contributed by atoms with Crippen LogP contribution in [-0.2, 0) is 11.2 Å². The molecule has 1 aromatic carbocycles. The third-order valence-corrected chi connectivity index (χ3v) is 5.15. The largest absolute Gasteiger partial charge is 0.411 e. The Balaban J connectivity index is 1.83. The fraction of sp³-hybridized carbons (Fsp3) is 0.400. The monoisotopic (exact) mass is 424 g/mol. The number of benzene rings is 1. The van der Waals surface area contributed by atoms with Crippen LogP contribution in [0.4, 0.5) is 17.6 Å². The van der Waals surface area contributed by atoms with Gasteiger partial charge in [-0.05, 0) is 32.4 Å². The molecule has 1 fully saturated rings. The highest BCUT2D eigenvalue weighted by Crippen LogP contribution is 2.41. The van der Waals surface area contributed by atoms with Crippen LogP contribution in [0, 0.1) is 18.6 Å². The van der Waals surface area contributed by atoms with Crippen molar-refractivity contribution in [2.24, 2.45) is 5.16 Å². The minimum Gasteiger partial charge on any atom is -0.411 e. The number of oxime groups is 1. The van der Waals surface area contributed by atoms with E-state index in [1.165, 1.54) is 13.1 Å². The van der Waals surface area contributed by atoms with Crippen LogP contribution in [0.5, 0.6) is 0 Å². The van der Waals surface area contributed by atoms with Gasteiger partial charge in [0.1, 0.15) is 17.5 Å². The van der Waals surface area contributed by atoms with E-state index in [4.69, 9.17) is 5.21 Å². The van der Waals surface area contributed by atoms with E-state index >= 15 is 8.78 Å². The topological polar surface area (TPSA) is 78.7 Å². The highest BCUT2D eigenvalue weighted by molar-refractivity contribution is 5.99. The average molecular weight is 424 g/mol. The van der Waals surface area contributed by atoms with Crippen molar-refractivity contribution in [3.05, 3.63) is 58.7 Å². The molecule has 10 heteroatoms. The second kappa shape index (κ2) is 8.37. The molecule has 1 aliphatic heterocycles. The number of aryl methyl sites for hydroxylation is 1. The van der Waals surface area contributed by atoms with Crippen LogP contribution in [0.15, 0.2) is 29.6 Å². The van der Waals surface area contributed by atoms with Gasteiger partial charge in [-0.15, -0.1) is 0 Å². The Bertz CT molecular complexity index is 977. The zero-order valence-electron chi connectivity index (χ0n) is 16.4. The number of alkyl halides is 2. The van der Waals surface area contributed by atoms with E-state index in [2.05, 4.69) is 15.1 Å². The number of aromatic nitrogens is 2. The Morgan fingerprint density at radius 2 is 2.00 bits per heavy atom. The van der Waals surface area contributed by atoms with Gasteiger partial charge in [0.15, 0.2) is 0 Å².